The molecule has 21 heavy (non-hydrogen) atoms. The number of ether oxygens (including phenoxy) is 1. The quantitative estimate of drug-likeness (QED) is 0.544. The molecule has 3 nitrogen and oxygen atoms in total. The first-order valence-electron chi connectivity index (χ1n) is 7.70. The van der Waals surface area contributed by atoms with Crippen LogP contribution < -0.4 is 5.32 Å². The Labute approximate surface area is 139 Å². The molecule has 0 unspecified atom stereocenters. The lowest BCUT2D eigenvalue weighted by Crippen LogP contribution is -2.28. The van der Waals surface area contributed by atoms with Gasteiger partial charge >= 0.3 is 0 Å². The van der Waals surface area contributed by atoms with Crippen LogP contribution in [0.25, 0.3) is 0 Å². The first-order chi connectivity index (χ1) is 9.82. The van der Waals surface area contributed by atoms with Gasteiger partial charge in [0.25, 0.3) is 0 Å². The molecule has 0 aliphatic carbocycles. The summed E-state index contributed by atoms with van der Waals surface area (Å²) >= 11 is 10.7. The van der Waals surface area contributed by atoms with E-state index in [9.17, 15) is 0 Å². The van der Waals surface area contributed by atoms with E-state index in [-0.39, 0.29) is 5.41 Å². The molecule has 0 radical (unpaired) electrons. The first kappa shape index (κ1) is 18.7. The maximum Gasteiger partial charge on any atom is 0.0796 e. The fraction of sp³-hybridized carbons (Fsp3) is 0.750. The van der Waals surface area contributed by atoms with Crippen molar-refractivity contribution in [3.05, 3.63) is 14.6 Å². The molecule has 0 saturated carbocycles. The van der Waals surface area contributed by atoms with Crippen LogP contribution >= 0.6 is 24.4 Å². The van der Waals surface area contributed by atoms with Crippen LogP contribution in [0.4, 0.5) is 5.69 Å². The van der Waals surface area contributed by atoms with Crippen molar-refractivity contribution >= 4 is 30.1 Å². The van der Waals surface area contributed by atoms with E-state index in [1.165, 1.54) is 5.56 Å². The summed E-state index contributed by atoms with van der Waals surface area (Å²) in [6, 6.07) is 0. The van der Waals surface area contributed by atoms with E-state index in [1.807, 2.05) is 0 Å². The number of nitrogens with zero attached hydrogens (tertiary/aromatic N) is 1. The smallest absolute Gasteiger partial charge is 0.0796 e. The second kappa shape index (κ2) is 8.32. The Bertz CT molecular complexity index is 509. The number of hydrogen-bond donors (Lipinski definition) is 1. The lowest BCUT2D eigenvalue weighted by atomic mass is 9.83. The fourth-order valence-electron chi connectivity index (χ4n) is 2.36. The molecule has 1 N–H and O–H groups in total. The van der Waals surface area contributed by atoms with Gasteiger partial charge in [-0.05, 0) is 18.5 Å². The van der Waals surface area contributed by atoms with Crippen molar-refractivity contribution in [3.8, 4) is 0 Å². The number of rotatable bonds is 9. The molecule has 0 fully saturated rings. The van der Waals surface area contributed by atoms with Crippen molar-refractivity contribution in [2.45, 2.75) is 40.0 Å². The lowest BCUT2D eigenvalue weighted by Gasteiger charge is -2.27. The van der Waals surface area contributed by atoms with Gasteiger partial charge in [0, 0.05) is 18.7 Å². The summed E-state index contributed by atoms with van der Waals surface area (Å²) in [6.45, 7) is 16.2. The zero-order chi connectivity index (χ0) is 16.0. The predicted molar refractivity (Wildman–Crippen MR) is 96.3 cm³/mol. The average molecular weight is 329 g/mol. The fourth-order valence-corrected chi connectivity index (χ4v) is 3.15. The van der Waals surface area contributed by atoms with Gasteiger partial charge < -0.3 is 15.0 Å². The minimum Gasteiger partial charge on any atom is -0.381 e. The van der Waals surface area contributed by atoms with Gasteiger partial charge in [-0.3, -0.25) is 0 Å². The summed E-state index contributed by atoms with van der Waals surface area (Å²) in [5, 5.41) is 3.38. The third-order valence-corrected chi connectivity index (χ3v) is 4.60. The molecule has 0 heterocycles. The van der Waals surface area contributed by atoms with E-state index in [1.54, 1.807) is 0 Å². The molecular formula is C16H28N2OS2. The van der Waals surface area contributed by atoms with E-state index >= 15 is 0 Å². The van der Waals surface area contributed by atoms with Crippen molar-refractivity contribution in [2.75, 3.05) is 44.7 Å². The highest BCUT2D eigenvalue weighted by molar-refractivity contribution is 7.74. The van der Waals surface area contributed by atoms with E-state index in [4.69, 9.17) is 29.2 Å². The minimum absolute atomic E-state index is 0.0470. The number of hydrogen-bond acceptors (Lipinski definition) is 5. The maximum atomic E-state index is 5.67. The van der Waals surface area contributed by atoms with E-state index in [2.05, 4.69) is 44.8 Å². The zero-order valence-electron chi connectivity index (χ0n) is 13.9. The molecule has 0 aliphatic rings. The Morgan fingerprint density at radius 1 is 1.05 bits per heavy atom. The Kier molecular flexibility index (Phi) is 7.40. The molecule has 0 saturated heterocycles. The van der Waals surface area contributed by atoms with Crippen LogP contribution in [0, 0.1) is 9.02 Å². The van der Waals surface area contributed by atoms with Gasteiger partial charge in [0.1, 0.15) is 0 Å². The average Bonchev–Trinajstić information content (AvgIpc) is 2.43. The van der Waals surface area contributed by atoms with E-state index in [0.717, 1.165) is 47.5 Å². The largest absolute Gasteiger partial charge is 0.381 e. The van der Waals surface area contributed by atoms with Gasteiger partial charge in [-0.1, -0.05) is 59.1 Å². The molecule has 0 bridgehead atoms. The van der Waals surface area contributed by atoms with Crippen LogP contribution in [0.3, 0.4) is 0 Å². The number of nitrogens with one attached hydrogen (secondary N) is 1. The topological polar surface area (TPSA) is 24.5 Å². The van der Waals surface area contributed by atoms with Crippen molar-refractivity contribution in [1.29, 1.82) is 0 Å². The standard InChI is InChI=1S/C16H28N2OS2/c1-6-18(7-2)9-11-19-10-8-17-13-12(16(3,4)5)14(20)15(13)21/h17H,6-11H2,1-5H3. The van der Waals surface area contributed by atoms with Crippen LogP contribution in [0.2, 0.25) is 0 Å². The third-order valence-electron chi connectivity index (χ3n) is 3.65. The van der Waals surface area contributed by atoms with Crippen molar-refractivity contribution < 1.29 is 4.74 Å². The molecule has 1 aromatic rings. The molecule has 5 heteroatoms. The molecule has 0 aliphatic heterocycles. The van der Waals surface area contributed by atoms with Crippen LogP contribution in [0.15, 0.2) is 0 Å². The van der Waals surface area contributed by atoms with Gasteiger partial charge in [-0.2, -0.15) is 0 Å². The number of likely N-dealkylation sites (N-methyl/N-ethyl adjacent to an activating group) is 1. The second-order valence-electron chi connectivity index (χ2n) is 6.22. The van der Waals surface area contributed by atoms with Crippen molar-refractivity contribution in [2.24, 2.45) is 0 Å². The van der Waals surface area contributed by atoms with Crippen molar-refractivity contribution in [3.63, 3.8) is 0 Å². The summed E-state index contributed by atoms with van der Waals surface area (Å²) < 4.78 is 7.32. The lowest BCUT2D eigenvalue weighted by molar-refractivity contribution is 0.114. The summed E-state index contributed by atoms with van der Waals surface area (Å²) in [5.74, 6) is 0. The Morgan fingerprint density at radius 3 is 2.19 bits per heavy atom. The summed E-state index contributed by atoms with van der Waals surface area (Å²) in [6.07, 6.45) is 0. The Balaban J connectivity index is 2.33. The SMILES string of the molecule is CCN(CC)CCOCCNc1c(C(C)(C)C)c(=S)c1=S. The molecule has 1 aromatic carbocycles. The highest BCUT2D eigenvalue weighted by Gasteiger charge is 2.25. The van der Waals surface area contributed by atoms with E-state index < -0.39 is 0 Å². The normalized spacial score (nSPS) is 12.3. The second-order valence-corrected chi connectivity index (χ2v) is 7.04. The van der Waals surface area contributed by atoms with Gasteiger partial charge in [0.15, 0.2) is 0 Å². The zero-order valence-corrected chi connectivity index (χ0v) is 15.5. The highest BCUT2D eigenvalue weighted by Crippen LogP contribution is 2.36. The van der Waals surface area contributed by atoms with Gasteiger partial charge in [0.05, 0.1) is 27.9 Å². The first-order valence-corrected chi connectivity index (χ1v) is 8.52. The summed E-state index contributed by atoms with van der Waals surface area (Å²) in [4.78, 5) is 2.35. The molecular weight excluding hydrogens is 300 g/mol. The van der Waals surface area contributed by atoms with Crippen LogP contribution in [-0.4, -0.2) is 44.3 Å². The van der Waals surface area contributed by atoms with E-state index in [0.29, 0.717) is 6.61 Å². The molecule has 0 aromatic heterocycles. The molecule has 1 rings (SSSR count). The monoisotopic (exact) mass is 328 g/mol. The van der Waals surface area contributed by atoms with Crippen LogP contribution in [0.1, 0.15) is 40.2 Å². The van der Waals surface area contributed by atoms with Gasteiger partial charge in [-0.15, -0.1) is 0 Å². The van der Waals surface area contributed by atoms with Crippen LogP contribution in [0.5, 0.6) is 0 Å². The number of anilines is 1. The van der Waals surface area contributed by atoms with Gasteiger partial charge in [0.2, 0.25) is 0 Å². The Hall–Kier alpha value is -0.360. The summed E-state index contributed by atoms with van der Waals surface area (Å²) in [5.41, 5.74) is 2.28. The third kappa shape index (κ3) is 5.09. The summed E-state index contributed by atoms with van der Waals surface area (Å²) in [7, 11) is 0. The molecule has 0 spiro atoms. The molecule has 120 valence electrons. The molecule has 0 amide bonds. The maximum absolute atomic E-state index is 5.67. The van der Waals surface area contributed by atoms with Gasteiger partial charge in [-0.25, -0.2) is 0 Å². The Morgan fingerprint density at radius 2 is 1.67 bits per heavy atom. The van der Waals surface area contributed by atoms with Crippen LogP contribution in [-0.2, 0) is 10.2 Å². The predicted octanol–water partition coefficient (Wildman–Crippen LogP) is 4.09. The van der Waals surface area contributed by atoms with Crippen molar-refractivity contribution in [1.82, 2.24) is 4.90 Å². The highest BCUT2D eigenvalue weighted by atomic mass is 32.1. The molecule has 0 atom stereocenters. The minimum atomic E-state index is 0.0470.